The average Bonchev–Trinajstić information content (AvgIpc) is 2.47. The van der Waals surface area contributed by atoms with Crippen LogP contribution in [0.1, 0.15) is 31.9 Å². The Morgan fingerprint density at radius 3 is 2.25 bits per heavy atom. The number of hydrogen-bond acceptors (Lipinski definition) is 3. The zero-order chi connectivity index (χ0) is 18.1. The van der Waals surface area contributed by atoms with Crippen LogP contribution >= 0.6 is 23.4 Å². The van der Waals surface area contributed by atoms with Gasteiger partial charge in [-0.05, 0) is 38.5 Å². The summed E-state index contributed by atoms with van der Waals surface area (Å²) in [7, 11) is 0. The average molecular weight is 377 g/mol. The van der Waals surface area contributed by atoms with Crippen LogP contribution < -0.4 is 5.56 Å². The highest BCUT2D eigenvalue weighted by Gasteiger charge is 2.29. The second-order valence-electron chi connectivity index (χ2n) is 6.19. The van der Waals surface area contributed by atoms with Gasteiger partial charge in [-0.1, -0.05) is 23.7 Å². The van der Waals surface area contributed by atoms with Crippen molar-refractivity contribution >= 4 is 23.4 Å². The van der Waals surface area contributed by atoms with Crippen molar-refractivity contribution in [3.63, 3.8) is 0 Å². The number of alkyl halides is 3. The van der Waals surface area contributed by atoms with Crippen molar-refractivity contribution in [2.45, 2.75) is 43.1 Å². The first-order valence-electron chi connectivity index (χ1n) is 7.07. The third kappa shape index (κ3) is 4.33. The van der Waals surface area contributed by atoms with Gasteiger partial charge in [0.1, 0.15) is 5.02 Å². The van der Waals surface area contributed by atoms with Crippen LogP contribution in [0.2, 0.25) is 5.02 Å². The Bertz CT molecular complexity index is 780. The number of halogens is 4. The summed E-state index contributed by atoms with van der Waals surface area (Å²) >= 11 is 7.37. The zero-order valence-corrected chi connectivity index (χ0v) is 14.9. The highest BCUT2D eigenvalue weighted by Crippen LogP contribution is 2.31. The van der Waals surface area contributed by atoms with E-state index in [1.54, 1.807) is 0 Å². The second-order valence-corrected chi connectivity index (χ2v) is 7.59. The van der Waals surface area contributed by atoms with Gasteiger partial charge < -0.3 is 0 Å². The molecule has 0 bridgehead atoms. The quantitative estimate of drug-likeness (QED) is 0.710. The van der Waals surface area contributed by atoms with E-state index in [4.69, 9.17) is 11.6 Å². The standard InChI is InChI=1S/C16H16ClF3N2OS/c1-15(2,3)22-14(23)13(17)12(8-21-22)24-9-10-4-6-11(7-5-10)16(18,19)20/h4-8H,9H2,1-3H3. The van der Waals surface area contributed by atoms with Crippen molar-refractivity contribution in [2.75, 3.05) is 0 Å². The Balaban J connectivity index is 2.16. The van der Waals surface area contributed by atoms with Gasteiger partial charge in [0.25, 0.3) is 5.56 Å². The molecule has 1 aromatic carbocycles. The van der Waals surface area contributed by atoms with Gasteiger partial charge in [0.15, 0.2) is 0 Å². The van der Waals surface area contributed by atoms with Crippen molar-refractivity contribution in [2.24, 2.45) is 0 Å². The van der Waals surface area contributed by atoms with Crippen molar-refractivity contribution in [3.8, 4) is 0 Å². The third-order valence-corrected chi connectivity index (χ3v) is 4.77. The molecule has 0 radical (unpaired) electrons. The van der Waals surface area contributed by atoms with E-state index in [-0.39, 0.29) is 10.6 Å². The third-order valence-electron chi connectivity index (χ3n) is 3.20. The predicted molar refractivity (Wildman–Crippen MR) is 89.5 cm³/mol. The summed E-state index contributed by atoms with van der Waals surface area (Å²) in [6, 6.07) is 4.89. The maximum atomic E-state index is 12.5. The predicted octanol–water partition coefficient (Wildman–Crippen LogP) is 4.96. The molecule has 0 unspecified atom stereocenters. The first-order chi connectivity index (χ1) is 11.0. The first-order valence-corrected chi connectivity index (χ1v) is 8.44. The number of benzene rings is 1. The first kappa shape index (κ1) is 18.9. The molecular weight excluding hydrogens is 361 g/mol. The van der Waals surface area contributed by atoms with E-state index in [9.17, 15) is 18.0 Å². The highest BCUT2D eigenvalue weighted by molar-refractivity contribution is 7.98. The molecule has 0 N–H and O–H groups in total. The minimum atomic E-state index is -4.35. The summed E-state index contributed by atoms with van der Waals surface area (Å²) in [6.07, 6.45) is -2.85. The van der Waals surface area contributed by atoms with Gasteiger partial charge in [-0.15, -0.1) is 11.8 Å². The lowest BCUT2D eigenvalue weighted by Gasteiger charge is -2.21. The van der Waals surface area contributed by atoms with Gasteiger partial charge in [0.05, 0.1) is 22.2 Å². The zero-order valence-electron chi connectivity index (χ0n) is 13.3. The Kier molecular flexibility index (Phi) is 5.34. The molecule has 0 aliphatic carbocycles. The molecule has 0 saturated heterocycles. The fourth-order valence-corrected chi connectivity index (χ4v) is 3.09. The van der Waals surface area contributed by atoms with Crippen molar-refractivity contribution < 1.29 is 13.2 Å². The number of hydrogen-bond donors (Lipinski definition) is 0. The second kappa shape index (κ2) is 6.80. The highest BCUT2D eigenvalue weighted by atomic mass is 35.5. The molecular formula is C16H16ClF3N2OS. The summed E-state index contributed by atoms with van der Waals surface area (Å²) in [6.45, 7) is 5.52. The minimum absolute atomic E-state index is 0.0665. The van der Waals surface area contributed by atoms with Gasteiger partial charge in [0, 0.05) is 5.75 Å². The molecule has 24 heavy (non-hydrogen) atoms. The van der Waals surface area contributed by atoms with Crippen LogP contribution in [0, 0.1) is 0 Å². The van der Waals surface area contributed by atoms with Crippen LogP contribution in [-0.4, -0.2) is 9.78 Å². The largest absolute Gasteiger partial charge is 0.416 e. The van der Waals surface area contributed by atoms with E-state index >= 15 is 0 Å². The molecule has 2 rings (SSSR count). The lowest BCUT2D eigenvalue weighted by Crippen LogP contribution is -2.36. The van der Waals surface area contributed by atoms with Gasteiger partial charge >= 0.3 is 6.18 Å². The number of aromatic nitrogens is 2. The van der Waals surface area contributed by atoms with Crippen molar-refractivity contribution in [1.29, 1.82) is 0 Å². The van der Waals surface area contributed by atoms with Crippen LogP contribution in [0.4, 0.5) is 13.2 Å². The Labute approximate surface area is 146 Å². The molecule has 130 valence electrons. The number of thioether (sulfide) groups is 1. The molecule has 0 aliphatic rings. The molecule has 1 heterocycles. The van der Waals surface area contributed by atoms with Crippen LogP contribution in [0.15, 0.2) is 40.2 Å². The lowest BCUT2D eigenvalue weighted by atomic mass is 10.1. The fourth-order valence-electron chi connectivity index (χ4n) is 1.95. The normalized spacial score (nSPS) is 12.5. The number of nitrogens with zero attached hydrogens (tertiary/aromatic N) is 2. The maximum absolute atomic E-state index is 12.5. The van der Waals surface area contributed by atoms with Crippen molar-refractivity contribution in [3.05, 3.63) is 57.0 Å². The Morgan fingerprint density at radius 1 is 1.17 bits per heavy atom. The number of rotatable bonds is 3. The van der Waals surface area contributed by atoms with E-state index in [0.717, 1.165) is 12.1 Å². The monoisotopic (exact) mass is 376 g/mol. The smallest absolute Gasteiger partial charge is 0.266 e. The molecule has 0 atom stereocenters. The van der Waals surface area contributed by atoms with E-state index in [0.29, 0.717) is 16.2 Å². The molecule has 2 aromatic rings. The lowest BCUT2D eigenvalue weighted by molar-refractivity contribution is -0.137. The van der Waals surface area contributed by atoms with E-state index < -0.39 is 17.3 Å². The van der Waals surface area contributed by atoms with Crippen LogP contribution in [0.3, 0.4) is 0 Å². The summed E-state index contributed by atoms with van der Waals surface area (Å²) in [5.41, 5.74) is -0.869. The van der Waals surface area contributed by atoms with Crippen molar-refractivity contribution in [1.82, 2.24) is 9.78 Å². The molecule has 0 amide bonds. The van der Waals surface area contributed by atoms with Crippen LogP contribution in [-0.2, 0) is 17.5 Å². The fraction of sp³-hybridized carbons (Fsp3) is 0.375. The molecule has 0 saturated carbocycles. The SMILES string of the molecule is CC(C)(C)n1ncc(SCc2ccc(C(F)(F)F)cc2)c(Cl)c1=O. The minimum Gasteiger partial charge on any atom is -0.266 e. The van der Waals surface area contributed by atoms with Crippen LogP contribution in [0.5, 0.6) is 0 Å². The molecule has 0 spiro atoms. The van der Waals surface area contributed by atoms with Gasteiger partial charge in [-0.3, -0.25) is 4.79 Å². The molecule has 3 nitrogen and oxygen atoms in total. The Morgan fingerprint density at radius 2 is 1.75 bits per heavy atom. The summed E-state index contributed by atoms with van der Waals surface area (Å²) in [5, 5.41) is 4.19. The molecule has 0 aliphatic heterocycles. The topological polar surface area (TPSA) is 34.9 Å². The molecule has 8 heteroatoms. The van der Waals surface area contributed by atoms with Gasteiger partial charge in [-0.2, -0.15) is 18.3 Å². The summed E-state index contributed by atoms with van der Waals surface area (Å²) in [4.78, 5) is 12.7. The van der Waals surface area contributed by atoms with Gasteiger partial charge in [-0.25, -0.2) is 4.68 Å². The van der Waals surface area contributed by atoms with E-state index in [1.165, 1.54) is 34.8 Å². The van der Waals surface area contributed by atoms with E-state index in [1.807, 2.05) is 20.8 Å². The maximum Gasteiger partial charge on any atom is 0.416 e. The molecule has 1 aromatic heterocycles. The van der Waals surface area contributed by atoms with Gasteiger partial charge in [0.2, 0.25) is 0 Å². The Hall–Kier alpha value is -1.47. The van der Waals surface area contributed by atoms with Crippen LogP contribution in [0.25, 0.3) is 0 Å². The van der Waals surface area contributed by atoms with E-state index in [2.05, 4.69) is 5.10 Å². The molecule has 0 fully saturated rings. The summed E-state index contributed by atoms with van der Waals surface area (Å²) in [5.74, 6) is 0.387. The summed E-state index contributed by atoms with van der Waals surface area (Å²) < 4.78 is 38.9.